The molecule has 0 saturated heterocycles. The van der Waals surface area contributed by atoms with E-state index in [0.29, 0.717) is 0 Å². The molecule has 0 aliphatic heterocycles. The van der Waals surface area contributed by atoms with Gasteiger partial charge >= 0.3 is 0 Å². The zero-order valence-electron chi connectivity index (χ0n) is 13.1. The van der Waals surface area contributed by atoms with Crippen LogP contribution in [0.15, 0.2) is 24.3 Å². The Labute approximate surface area is 136 Å². The average Bonchev–Trinajstić information content (AvgIpc) is 2.59. The Morgan fingerprint density at radius 2 is 1.76 bits per heavy atom. The predicted octanol–water partition coefficient (Wildman–Crippen LogP) is 5.83. The Morgan fingerprint density at radius 3 is 2.52 bits per heavy atom. The number of thiazole rings is 1. The van der Waals surface area contributed by atoms with Gasteiger partial charge < -0.3 is 0 Å². The van der Waals surface area contributed by atoms with Crippen molar-refractivity contribution in [3.63, 3.8) is 0 Å². The Morgan fingerprint density at radius 1 is 1.05 bits per heavy atom. The van der Waals surface area contributed by atoms with Crippen molar-refractivity contribution in [2.24, 2.45) is 0 Å². The van der Waals surface area contributed by atoms with Crippen molar-refractivity contribution in [1.29, 1.82) is 0 Å². The van der Waals surface area contributed by atoms with Crippen LogP contribution in [0.4, 0.5) is 0 Å². The molecule has 1 aliphatic rings. The first-order valence-corrected chi connectivity index (χ1v) is 9.04. The lowest BCUT2D eigenvalue weighted by Gasteiger charge is -2.24. The van der Waals surface area contributed by atoms with Gasteiger partial charge in [-0.3, -0.25) is 4.57 Å². The monoisotopic (exact) mass is 317 g/mol. The molecular weight excluding hydrogens is 294 g/mol. The Kier molecular flexibility index (Phi) is 4.06. The maximum atomic E-state index is 5.71. The maximum absolute atomic E-state index is 5.71. The fourth-order valence-electron chi connectivity index (χ4n) is 3.19. The number of fused-ring (bicyclic) bond motifs is 1. The summed E-state index contributed by atoms with van der Waals surface area (Å²) in [7, 11) is 0. The second-order valence-electron chi connectivity index (χ2n) is 6.90. The number of hydrogen-bond acceptors (Lipinski definition) is 2. The topological polar surface area (TPSA) is 4.93 Å². The summed E-state index contributed by atoms with van der Waals surface area (Å²) >= 11 is 7.53. The molecule has 0 N–H and O–H groups in total. The third-order valence-corrected chi connectivity index (χ3v) is 5.73. The molecule has 0 atom stereocenters. The first kappa shape index (κ1) is 15.0. The molecule has 3 heteroatoms. The molecule has 1 nitrogen and oxygen atoms in total. The van der Waals surface area contributed by atoms with Gasteiger partial charge in [0.2, 0.25) is 0 Å². The zero-order valence-corrected chi connectivity index (χ0v) is 14.7. The first-order valence-electron chi connectivity index (χ1n) is 7.82. The fraction of sp³-hybridized carbons (Fsp3) is 0.500. The second kappa shape index (κ2) is 5.69. The summed E-state index contributed by atoms with van der Waals surface area (Å²) in [6.07, 6.45) is 6.31. The lowest BCUT2D eigenvalue weighted by atomic mass is 9.85. The van der Waals surface area contributed by atoms with Gasteiger partial charge in [0.15, 0.2) is 3.95 Å². The Bertz CT molecular complexity index is 701. The fourth-order valence-corrected chi connectivity index (χ4v) is 4.77. The number of aromatic nitrogens is 1. The molecule has 3 rings (SSSR count). The highest BCUT2D eigenvalue weighted by Gasteiger charge is 2.22. The van der Waals surface area contributed by atoms with E-state index in [-0.39, 0.29) is 5.41 Å². The van der Waals surface area contributed by atoms with Gasteiger partial charge in [-0.25, -0.2) is 0 Å². The SMILES string of the molecule is CC(C)(C)c1ccccc1-n1c2c(sc1=S)CCCCC2. The number of aryl methyl sites for hydroxylation is 1. The highest BCUT2D eigenvalue weighted by molar-refractivity contribution is 7.73. The molecule has 0 fully saturated rings. The van der Waals surface area contributed by atoms with E-state index in [4.69, 9.17) is 12.2 Å². The van der Waals surface area contributed by atoms with Crippen LogP contribution in [-0.2, 0) is 18.3 Å². The van der Waals surface area contributed by atoms with Gasteiger partial charge in [-0.2, -0.15) is 0 Å². The lowest BCUT2D eigenvalue weighted by Crippen LogP contribution is -2.16. The summed E-state index contributed by atoms with van der Waals surface area (Å²) in [5.74, 6) is 0. The van der Waals surface area contributed by atoms with Gasteiger partial charge in [0.05, 0.1) is 5.69 Å². The van der Waals surface area contributed by atoms with Crippen molar-refractivity contribution in [1.82, 2.24) is 4.57 Å². The summed E-state index contributed by atoms with van der Waals surface area (Å²) < 4.78 is 3.37. The highest BCUT2D eigenvalue weighted by Crippen LogP contribution is 2.34. The molecular formula is C18H23NS2. The molecule has 0 saturated carbocycles. The van der Waals surface area contributed by atoms with E-state index in [1.807, 2.05) is 11.3 Å². The maximum Gasteiger partial charge on any atom is 0.166 e. The van der Waals surface area contributed by atoms with Crippen molar-refractivity contribution in [2.75, 3.05) is 0 Å². The van der Waals surface area contributed by atoms with Crippen molar-refractivity contribution in [3.05, 3.63) is 44.4 Å². The molecule has 1 aliphatic carbocycles. The molecule has 1 aromatic carbocycles. The third kappa shape index (κ3) is 2.86. The minimum atomic E-state index is 0.130. The minimum Gasteiger partial charge on any atom is -0.295 e. The van der Waals surface area contributed by atoms with Crippen LogP contribution >= 0.6 is 23.6 Å². The quantitative estimate of drug-likeness (QED) is 0.473. The van der Waals surface area contributed by atoms with E-state index in [0.717, 1.165) is 3.95 Å². The summed E-state index contributed by atoms with van der Waals surface area (Å²) in [6.45, 7) is 6.83. The summed E-state index contributed by atoms with van der Waals surface area (Å²) in [5, 5.41) is 0. The molecule has 21 heavy (non-hydrogen) atoms. The Balaban J connectivity index is 2.23. The molecule has 112 valence electrons. The van der Waals surface area contributed by atoms with Gasteiger partial charge in [0.25, 0.3) is 0 Å². The number of para-hydroxylation sites is 1. The molecule has 1 heterocycles. The summed E-state index contributed by atoms with van der Waals surface area (Å²) in [4.78, 5) is 1.52. The van der Waals surface area contributed by atoms with Crippen molar-refractivity contribution in [3.8, 4) is 5.69 Å². The van der Waals surface area contributed by atoms with Crippen LogP contribution in [0.25, 0.3) is 5.69 Å². The van der Waals surface area contributed by atoms with Gasteiger partial charge in [-0.1, -0.05) is 45.4 Å². The summed E-state index contributed by atoms with van der Waals surface area (Å²) in [6, 6.07) is 8.75. The van der Waals surface area contributed by atoms with Crippen LogP contribution in [-0.4, -0.2) is 4.57 Å². The molecule has 1 aromatic heterocycles. The summed E-state index contributed by atoms with van der Waals surface area (Å²) in [5.41, 5.74) is 4.27. The Hall–Kier alpha value is -0.930. The largest absolute Gasteiger partial charge is 0.295 e. The van der Waals surface area contributed by atoms with Crippen molar-refractivity contribution in [2.45, 2.75) is 58.3 Å². The van der Waals surface area contributed by atoms with E-state index in [1.165, 1.54) is 53.9 Å². The number of nitrogens with zero attached hydrogens (tertiary/aromatic N) is 1. The van der Waals surface area contributed by atoms with E-state index in [9.17, 15) is 0 Å². The van der Waals surface area contributed by atoms with Crippen LogP contribution in [0.2, 0.25) is 0 Å². The lowest BCUT2D eigenvalue weighted by molar-refractivity contribution is 0.585. The van der Waals surface area contributed by atoms with Crippen LogP contribution in [0, 0.1) is 3.95 Å². The van der Waals surface area contributed by atoms with Crippen molar-refractivity contribution < 1.29 is 0 Å². The van der Waals surface area contributed by atoms with E-state index < -0.39 is 0 Å². The molecule has 0 spiro atoms. The predicted molar refractivity (Wildman–Crippen MR) is 94.4 cm³/mol. The van der Waals surface area contributed by atoms with Crippen LogP contribution < -0.4 is 0 Å². The molecule has 2 aromatic rings. The molecule has 0 bridgehead atoms. The van der Waals surface area contributed by atoms with Crippen LogP contribution in [0.5, 0.6) is 0 Å². The van der Waals surface area contributed by atoms with Crippen LogP contribution in [0.3, 0.4) is 0 Å². The van der Waals surface area contributed by atoms with Gasteiger partial charge in [-0.05, 0) is 54.9 Å². The van der Waals surface area contributed by atoms with Crippen molar-refractivity contribution >= 4 is 23.6 Å². The smallest absolute Gasteiger partial charge is 0.166 e. The van der Waals surface area contributed by atoms with Gasteiger partial charge in [0.1, 0.15) is 0 Å². The van der Waals surface area contributed by atoms with Gasteiger partial charge in [0, 0.05) is 10.6 Å². The van der Waals surface area contributed by atoms with E-state index in [1.54, 1.807) is 0 Å². The molecule has 0 unspecified atom stereocenters. The molecule has 0 amide bonds. The molecule has 0 radical (unpaired) electrons. The first-order chi connectivity index (χ1) is 9.98. The average molecular weight is 318 g/mol. The normalized spacial score (nSPS) is 15.6. The standard InChI is InChI=1S/C18H23NS2/c1-18(2,3)13-9-7-8-10-14(13)19-15-11-5-4-6-12-16(15)21-17(19)20/h7-10H,4-6,11-12H2,1-3H3. The number of hydrogen-bond donors (Lipinski definition) is 0. The van der Waals surface area contributed by atoms with E-state index in [2.05, 4.69) is 49.6 Å². The minimum absolute atomic E-state index is 0.130. The number of benzene rings is 1. The zero-order chi connectivity index (χ0) is 15.0. The third-order valence-electron chi connectivity index (χ3n) is 4.26. The van der Waals surface area contributed by atoms with Gasteiger partial charge in [-0.15, -0.1) is 11.3 Å². The second-order valence-corrected chi connectivity index (χ2v) is 8.63. The van der Waals surface area contributed by atoms with Crippen LogP contribution in [0.1, 0.15) is 56.2 Å². The highest BCUT2D eigenvalue weighted by atomic mass is 32.1. The van der Waals surface area contributed by atoms with E-state index >= 15 is 0 Å². The number of rotatable bonds is 1.